The highest BCUT2D eigenvalue weighted by Gasteiger charge is 2.03. The molecule has 0 saturated heterocycles. The molecule has 2 heteroatoms. The zero-order valence-electron chi connectivity index (χ0n) is 10.2. The van der Waals surface area contributed by atoms with Gasteiger partial charge in [-0.15, -0.1) is 0 Å². The van der Waals surface area contributed by atoms with Crippen LogP contribution in [0.2, 0.25) is 5.02 Å². The minimum Gasteiger partial charge on any atom is -0.261 e. The van der Waals surface area contributed by atoms with Crippen LogP contribution in [0.4, 0.5) is 0 Å². The Bertz CT molecular complexity index is 520. The molecule has 2 aromatic rings. The first-order valence-electron chi connectivity index (χ1n) is 5.82. The number of halogens is 1. The summed E-state index contributed by atoms with van der Waals surface area (Å²) in [6, 6.07) is 10.1. The van der Waals surface area contributed by atoms with Gasteiger partial charge in [0.2, 0.25) is 0 Å². The van der Waals surface area contributed by atoms with Gasteiger partial charge in [-0.3, -0.25) is 4.98 Å². The summed E-state index contributed by atoms with van der Waals surface area (Å²) < 4.78 is 0. The molecule has 0 saturated carbocycles. The fourth-order valence-electron chi connectivity index (χ4n) is 1.94. The monoisotopic (exact) mass is 245 g/mol. The van der Waals surface area contributed by atoms with Gasteiger partial charge in [0.25, 0.3) is 0 Å². The summed E-state index contributed by atoms with van der Waals surface area (Å²) in [7, 11) is 0. The molecule has 0 aliphatic carbocycles. The summed E-state index contributed by atoms with van der Waals surface area (Å²) in [5.74, 6) is 0. The Hall–Kier alpha value is -1.34. The first-order valence-corrected chi connectivity index (χ1v) is 6.20. The first kappa shape index (κ1) is 12.1. The van der Waals surface area contributed by atoms with Gasteiger partial charge in [-0.1, -0.05) is 23.7 Å². The van der Waals surface area contributed by atoms with Gasteiger partial charge >= 0.3 is 0 Å². The smallest absolute Gasteiger partial charge is 0.0436 e. The van der Waals surface area contributed by atoms with E-state index in [0.29, 0.717) is 0 Å². The summed E-state index contributed by atoms with van der Waals surface area (Å²) in [4.78, 5) is 4.41. The molecule has 0 spiro atoms. The predicted molar refractivity (Wildman–Crippen MR) is 72.6 cm³/mol. The minimum atomic E-state index is 0.809. The van der Waals surface area contributed by atoms with Crippen molar-refractivity contribution in [1.29, 1.82) is 0 Å². The van der Waals surface area contributed by atoms with Gasteiger partial charge in [-0.05, 0) is 61.6 Å². The Morgan fingerprint density at radius 2 is 1.88 bits per heavy atom. The standard InChI is InChI=1S/C15H16ClN/c1-11-5-7-14(16)10-13(11)6-8-15-12(2)4-3-9-17-15/h3-5,7,9-10H,6,8H2,1-2H3. The maximum absolute atomic E-state index is 6.01. The topological polar surface area (TPSA) is 12.9 Å². The van der Waals surface area contributed by atoms with Gasteiger partial charge in [-0.25, -0.2) is 0 Å². The van der Waals surface area contributed by atoms with Crippen molar-refractivity contribution in [2.45, 2.75) is 26.7 Å². The zero-order chi connectivity index (χ0) is 12.3. The predicted octanol–water partition coefficient (Wildman–Crippen LogP) is 4.14. The lowest BCUT2D eigenvalue weighted by molar-refractivity contribution is 0.894. The fraction of sp³-hybridized carbons (Fsp3) is 0.267. The van der Waals surface area contributed by atoms with E-state index in [9.17, 15) is 0 Å². The second kappa shape index (κ2) is 5.33. The summed E-state index contributed by atoms with van der Waals surface area (Å²) in [5, 5.41) is 0.809. The number of hydrogen-bond donors (Lipinski definition) is 0. The number of rotatable bonds is 3. The van der Waals surface area contributed by atoms with Crippen molar-refractivity contribution in [1.82, 2.24) is 4.98 Å². The number of aromatic nitrogens is 1. The van der Waals surface area contributed by atoms with Gasteiger partial charge in [-0.2, -0.15) is 0 Å². The molecule has 0 radical (unpaired) electrons. The van der Waals surface area contributed by atoms with Gasteiger partial charge < -0.3 is 0 Å². The van der Waals surface area contributed by atoms with E-state index in [2.05, 4.69) is 37.0 Å². The lowest BCUT2D eigenvalue weighted by atomic mass is 10.0. The van der Waals surface area contributed by atoms with Crippen LogP contribution in [0.1, 0.15) is 22.4 Å². The van der Waals surface area contributed by atoms with Crippen molar-refractivity contribution in [3.8, 4) is 0 Å². The zero-order valence-corrected chi connectivity index (χ0v) is 11.0. The third kappa shape index (κ3) is 3.07. The van der Waals surface area contributed by atoms with E-state index >= 15 is 0 Å². The molecule has 0 amide bonds. The molecule has 1 nitrogen and oxygen atoms in total. The Kier molecular flexibility index (Phi) is 3.80. The van der Waals surface area contributed by atoms with E-state index in [4.69, 9.17) is 11.6 Å². The molecule has 0 fully saturated rings. The Balaban J connectivity index is 2.12. The third-order valence-corrected chi connectivity index (χ3v) is 3.30. The highest BCUT2D eigenvalue weighted by atomic mass is 35.5. The third-order valence-electron chi connectivity index (χ3n) is 3.06. The quantitative estimate of drug-likeness (QED) is 0.792. The van der Waals surface area contributed by atoms with E-state index in [1.54, 1.807) is 0 Å². The van der Waals surface area contributed by atoms with E-state index in [1.807, 2.05) is 18.3 Å². The largest absolute Gasteiger partial charge is 0.261 e. The molecule has 1 heterocycles. The maximum Gasteiger partial charge on any atom is 0.0436 e. The minimum absolute atomic E-state index is 0.809. The Morgan fingerprint density at radius 3 is 2.65 bits per heavy atom. The number of nitrogens with zero attached hydrogens (tertiary/aromatic N) is 1. The van der Waals surface area contributed by atoms with Crippen LogP contribution in [-0.4, -0.2) is 4.98 Å². The molecular weight excluding hydrogens is 230 g/mol. The first-order chi connectivity index (χ1) is 8.16. The van der Waals surface area contributed by atoms with Crippen LogP contribution in [0, 0.1) is 13.8 Å². The van der Waals surface area contributed by atoms with Gasteiger partial charge in [0.1, 0.15) is 0 Å². The SMILES string of the molecule is Cc1ccc(Cl)cc1CCc1ncccc1C. The van der Waals surface area contributed by atoms with Crippen LogP contribution in [0.3, 0.4) is 0 Å². The highest BCUT2D eigenvalue weighted by molar-refractivity contribution is 6.30. The molecule has 17 heavy (non-hydrogen) atoms. The Morgan fingerprint density at radius 1 is 1.06 bits per heavy atom. The normalized spacial score (nSPS) is 10.5. The second-order valence-corrected chi connectivity index (χ2v) is 4.77. The molecule has 1 aromatic heterocycles. The highest BCUT2D eigenvalue weighted by Crippen LogP contribution is 2.17. The summed E-state index contributed by atoms with van der Waals surface area (Å²) in [5.41, 5.74) is 5.03. The molecule has 0 aliphatic heterocycles. The van der Waals surface area contributed by atoms with E-state index in [-0.39, 0.29) is 0 Å². The van der Waals surface area contributed by atoms with Crippen LogP contribution < -0.4 is 0 Å². The van der Waals surface area contributed by atoms with Crippen LogP contribution in [0.25, 0.3) is 0 Å². The maximum atomic E-state index is 6.01. The molecule has 88 valence electrons. The van der Waals surface area contributed by atoms with Gasteiger partial charge in [0.05, 0.1) is 0 Å². The number of benzene rings is 1. The fourth-order valence-corrected chi connectivity index (χ4v) is 2.14. The van der Waals surface area contributed by atoms with Crippen molar-refractivity contribution in [3.05, 3.63) is 63.9 Å². The van der Waals surface area contributed by atoms with Crippen molar-refractivity contribution < 1.29 is 0 Å². The summed E-state index contributed by atoms with van der Waals surface area (Å²) in [6.07, 6.45) is 3.81. The number of aryl methyl sites for hydroxylation is 4. The molecule has 0 atom stereocenters. The lowest BCUT2D eigenvalue weighted by Crippen LogP contribution is -1.98. The molecule has 0 unspecified atom stereocenters. The van der Waals surface area contributed by atoms with Crippen molar-refractivity contribution in [3.63, 3.8) is 0 Å². The van der Waals surface area contributed by atoms with Crippen molar-refractivity contribution >= 4 is 11.6 Å². The van der Waals surface area contributed by atoms with Crippen molar-refractivity contribution in [2.24, 2.45) is 0 Å². The molecule has 1 aromatic carbocycles. The molecule has 0 N–H and O–H groups in total. The van der Waals surface area contributed by atoms with Crippen molar-refractivity contribution in [2.75, 3.05) is 0 Å². The number of hydrogen-bond acceptors (Lipinski definition) is 1. The van der Waals surface area contributed by atoms with Crippen LogP contribution >= 0.6 is 11.6 Å². The molecular formula is C15H16ClN. The Labute approximate surface area is 107 Å². The molecule has 0 bridgehead atoms. The second-order valence-electron chi connectivity index (χ2n) is 4.34. The number of pyridine rings is 1. The van der Waals surface area contributed by atoms with E-state index in [0.717, 1.165) is 17.9 Å². The van der Waals surface area contributed by atoms with E-state index < -0.39 is 0 Å². The average molecular weight is 246 g/mol. The average Bonchev–Trinajstić information content (AvgIpc) is 2.32. The summed E-state index contributed by atoms with van der Waals surface area (Å²) in [6.45, 7) is 4.23. The van der Waals surface area contributed by atoms with Gasteiger partial charge in [0.15, 0.2) is 0 Å². The van der Waals surface area contributed by atoms with Crippen LogP contribution in [0.15, 0.2) is 36.5 Å². The van der Waals surface area contributed by atoms with Crippen LogP contribution in [-0.2, 0) is 12.8 Å². The summed E-state index contributed by atoms with van der Waals surface area (Å²) >= 11 is 6.01. The van der Waals surface area contributed by atoms with Gasteiger partial charge in [0, 0.05) is 16.9 Å². The molecule has 2 rings (SSSR count). The molecule has 0 aliphatic rings. The van der Waals surface area contributed by atoms with E-state index in [1.165, 1.54) is 22.4 Å². The van der Waals surface area contributed by atoms with Crippen LogP contribution in [0.5, 0.6) is 0 Å². The lowest BCUT2D eigenvalue weighted by Gasteiger charge is -2.07.